The highest BCUT2D eigenvalue weighted by atomic mass is 32.2. The number of nitrogens with zero attached hydrogens (tertiary/aromatic N) is 2. The number of pyridine rings is 1. The van der Waals surface area contributed by atoms with Gasteiger partial charge < -0.3 is 14.0 Å². The Morgan fingerprint density at radius 2 is 1.80 bits per heavy atom. The van der Waals surface area contributed by atoms with E-state index in [9.17, 15) is 13.2 Å². The van der Waals surface area contributed by atoms with Crippen LogP contribution < -0.4 is 4.74 Å². The molecule has 0 aliphatic carbocycles. The zero-order valence-corrected chi connectivity index (χ0v) is 21.1. The fourth-order valence-electron chi connectivity index (χ4n) is 4.02. The lowest BCUT2D eigenvalue weighted by Gasteiger charge is -2.19. The van der Waals surface area contributed by atoms with Crippen LogP contribution in [0.3, 0.4) is 0 Å². The lowest BCUT2D eigenvalue weighted by molar-refractivity contribution is 0.0784. The molecular formula is C28H28N2O4S. The summed E-state index contributed by atoms with van der Waals surface area (Å²) in [7, 11) is -1.49. The highest BCUT2D eigenvalue weighted by Gasteiger charge is 2.15. The van der Waals surface area contributed by atoms with E-state index in [4.69, 9.17) is 4.74 Å². The number of hydrogen-bond acceptors (Lipinski definition) is 4. The van der Waals surface area contributed by atoms with Crippen molar-refractivity contribution in [3.8, 4) is 5.75 Å². The highest BCUT2D eigenvalue weighted by Crippen LogP contribution is 2.28. The van der Waals surface area contributed by atoms with Crippen LogP contribution in [0.15, 0.2) is 84.5 Å². The molecule has 2 aromatic carbocycles. The maximum Gasteiger partial charge on any atom is 0.255 e. The van der Waals surface area contributed by atoms with Gasteiger partial charge in [-0.2, -0.15) is 0 Å². The summed E-state index contributed by atoms with van der Waals surface area (Å²) in [5.41, 5.74) is 5.18. The third-order valence-electron chi connectivity index (χ3n) is 5.94. The number of carbonyl (C=O) groups is 1. The van der Waals surface area contributed by atoms with E-state index in [0.717, 1.165) is 22.2 Å². The predicted molar refractivity (Wildman–Crippen MR) is 138 cm³/mol. The average Bonchev–Trinajstić information content (AvgIpc) is 3.27. The molecule has 4 aromatic rings. The molecular weight excluding hydrogens is 460 g/mol. The van der Waals surface area contributed by atoms with Crippen molar-refractivity contribution in [1.82, 2.24) is 9.30 Å². The van der Waals surface area contributed by atoms with E-state index in [1.54, 1.807) is 31.0 Å². The number of sulfone groups is 1. The quantitative estimate of drug-likeness (QED) is 0.332. The molecule has 6 nitrogen and oxygen atoms in total. The van der Waals surface area contributed by atoms with Gasteiger partial charge in [0, 0.05) is 43.3 Å². The first-order valence-corrected chi connectivity index (χ1v) is 13.0. The van der Waals surface area contributed by atoms with Crippen molar-refractivity contribution in [3.63, 3.8) is 0 Å². The maximum atomic E-state index is 12.9. The number of fused-ring (bicyclic) bond motifs is 1. The van der Waals surface area contributed by atoms with Crippen LogP contribution in [0, 0.1) is 13.8 Å². The van der Waals surface area contributed by atoms with Crippen LogP contribution in [-0.4, -0.2) is 36.9 Å². The van der Waals surface area contributed by atoms with Gasteiger partial charge in [-0.15, -0.1) is 0 Å². The molecule has 1 amide bonds. The molecule has 0 aliphatic rings. The summed E-state index contributed by atoms with van der Waals surface area (Å²) in [4.78, 5) is 14.9. The summed E-state index contributed by atoms with van der Waals surface area (Å²) in [5, 5.41) is 0. The molecule has 7 heteroatoms. The lowest BCUT2D eigenvalue weighted by Crippen LogP contribution is -2.26. The van der Waals surface area contributed by atoms with Gasteiger partial charge in [-0.3, -0.25) is 4.79 Å². The molecule has 0 saturated heterocycles. The molecule has 2 heterocycles. The van der Waals surface area contributed by atoms with Crippen LogP contribution in [0.25, 0.3) is 11.3 Å². The number of hydrogen-bond donors (Lipinski definition) is 0. The summed E-state index contributed by atoms with van der Waals surface area (Å²) in [6.07, 6.45) is 4.94. The highest BCUT2D eigenvalue weighted by molar-refractivity contribution is 7.90. The smallest absolute Gasteiger partial charge is 0.255 e. The van der Waals surface area contributed by atoms with Crippen molar-refractivity contribution in [2.45, 2.75) is 25.3 Å². The Morgan fingerprint density at radius 1 is 1.03 bits per heavy atom. The SMILES string of the molecule is C=C(Oc1ccc(S(C)(=O)=O)cc1C)c1ccc(CN(C)C(=O)c2ccc3cccn3c2)cc1C. The lowest BCUT2D eigenvalue weighted by atomic mass is 10.0. The van der Waals surface area contributed by atoms with Crippen molar-refractivity contribution < 1.29 is 17.9 Å². The molecule has 180 valence electrons. The van der Waals surface area contributed by atoms with Gasteiger partial charge in [0.05, 0.1) is 10.5 Å². The van der Waals surface area contributed by atoms with Gasteiger partial charge in [0.1, 0.15) is 11.5 Å². The van der Waals surface area contributed by atoms with E-state index in [2.05, 4.69) is 6.58 Å². The van der Waals surface area contributed by atoms with Gasteiger partial charge >= 0.3 is 0 Å². The molecule has 0 fully saturated rings. The summed E-state index contributed by atoms with van der Waals surface area (Å²) in [5.74, 6) is 0.965. The minimum Gasteiger partial charge on any atom is -0.457 e. The number of rotatable bonds is 7. The van der Waals surface area contributed by atoms with Crippen molar-refractivity contribution in [2.24, 2.45) is 0 Å². The second-order valence-corrected chi connectivity index (χ2v) is 10.8. The molecule has 35 heavy (non-hydrogen) atoms. The number of aromatic nitrogens is 1. The fourth-order valence-corrected chi connectivity index (χ4v) is 4.72. The van der Waals surface area contributed by atoms with E-state index >= 15 is 0 Å². The predicted octanol–water partition coefficient (Wildman–Crippen LogP) is 5.28. The third kappa shape index (κ3) is 5.30. The van der Waals surface area contributed by atoms with Crippen molar-refractivity contribution in [3.05, 3.63) is 107 Å². The fraction of sp³-hybridized carbons (Fsp3) is 0.179. The Kier molecular flexibility index (Phi) is 6.54. The molecule has 0 N–H and O–H groups in total. The van der Waals surface area contributed by atoms with E-state index in [-0.39, 0.29) is 10.8 Å². The van der Waals surface area contributed by atoms with Crippen molar-refractivity contribution in [1.29, 1.82) is 0 Å². The molecule has 0 radical (unpaired) electrons. The van der Waals surface area contributed by atoms with Crippen LogP contribution >= 0.6 is 0 Å². The molecule has 0 atom stereocenters. The van der Waals surface area contributed by atoms with Gasteiger partial charge in [0.2, 0.25) is 0 Å². The third-order valence-corrected chi connectivity index (χ3v) is 7.05. The minimum absolute atomic E-state index is 0.0527. The van der Waals surface area contributed by atoms with E-state index in [1.165, 1.54) is 12.3 Å². The zero-order valence-electron chi connectivity index (χ0n) is 20.3. The Labute approximate surface area is 206 Å². The van der Waals surface area contributed by atoms with Crippen LogP contribution in [0.1, 0.15) is 32.6 Å². The van der Waals surface area contributed by atoms with Crippen LogP contribution in [-0.2, 0) is 16.4 Å². The second kappa shape index (κ2) is 9.43. The van der Waals surface area contributed by atoms with E-state index in [0.29, 0.717) is 29.2 Å². The van der Waals surface area contributed by atoms with Crippen LogP contribution in [0.5, 0.6) is 5.75 Å². The summed E-state index contributed by atoms with van der Waals surface area (Å²) < 4.78 is 31.4. The minimum atomic E-state index is -3.28. The van der Waals surface area contributed by atoms with Gasteiger partial charge in [-0.25, -0.2) is 8.42 Å². The summed E-state index contributed by atoms with van der Waals surface area (Å²) in [6.45, 7) is 8.29. The zero-order chi connectivity index (χ0) is 25.3. The number of aryl methyl sites for hydroxylation is 2. The Hall–Kier alpha value is -3.84. The first kappa shape index (κ1) is 24.3. The number of carbonyl (C=O) groups excluding carboxylic acids is 1. The second-order valence-electron chi connectivity index (χ2n) is 8.79. The monoisotopic (exact) mass is 488 g/mol. The molecule has 4 rings (SSSR count). The Morgan fingerprint density at radius 3 is 2.49 bits per heavy atom. The Balaban J connectivity index is 1.46. The topological polar surface area (TPSA) is 68.1 Å². The van der Waals surface area contributed by atoms with Gasteiger partial charge in [-0.1, -0.05) is 24.8 Å². The average molecular weight is 489 g/mol. The molecule has 0 bridgehead atoms. The normalized spacial score (nSPS) is 11.4. The van der Waals surface area contributed by atoms with Crippen molar-refractivity contribution in [2.75, 3.05) is 13.3 Å². The van der Waals surface area contributed by atoms with E-state index < -0.39 is 9.84 Å². The Bertz CT molecular complexity index is 1550. The van der Waals surface area contributed by atoms with Crippen LogP contribution in [0.2, 0.25) is 0 Å². The number of amides is 1. The number of benzene rings is 2. The standard InChI is InChI=1S/C28H28N2O4S/c1-19-15-22(17-29(4)28(31)23-9-10-24-7-6-14-30(24)18-23)8-12-26(19)21(3)34-27-13-11-25(16-20(27)2)35(5,32)33/h6-16,18H,3,17H2,1-2,4-5H3. The summed E-state index contributed by atoms with van der Waals surface area (Å²) in [6, 6.07) is 18.4. The maximum absolute atomic E-state index is 12.9. The van der Waals surface area contributed by atoms with Crippen molar-refractivity contribution >= 4 is 27.0 Å². The van der Waals surface area contributed by atoms with Gasteiger partial charge in [-0.05, 0) is 73.0 Å². The molecule has 0 aliphatic heterocycles. The number of ether oxygens (including phenoxy) is 1. The molecule has 0 unspecified atom stereocenters. The van der Waals surface area contributed by atoms with Crippen LogP contribution in [0.4, 0.5) is 0 Å². The van der Waals surface area contributed by atoms with Gasteiger partial charge in [0.25, 0.3) is 5.91 Å². The molecule has 0 saturated carbocycles. The molecule has 2 aromatic heterocycles. The first-order chi connectivity index (χ1) is 16.5. The summed E-state index contributed by atoms with van der Waals surface area (Å²) >= 11 is 0. The largest absolute Gasteiger partial charge is 0.457 e. The first-order valence-electron chi connectivity index (χ1n) is 11.1. The van der Waals surface area contributed by atoms with Gasteiger partial charge in [0.15, 0.2) is 9.84 Å². The molecule has 0 spiro atoms. The van der Waals surface area contributed by atoms with E-state index in [1.807, 2.05) is 66.2 Å².